The molecule has 2 amide bonds. The van der Waals surface area contributed by atoms with Crippen LogP contribution in [0.2, 0.25) is 0 Å². The average Bonchev–Trinajstić information content (AvgIpc) is 2.53. The van der Waals surface area contributed by atoms with Crippen molar-refractivity contribution in [3.05, 3.63) is 17.7 Å². The predicted octanol–water partition coefficient (Wildman–Crippen LogP) is 0.441. The molecule has 124 valence electrons. The Morgan fingerprint density at radius 1 is 1.26 bits per heavy atom. The highest BCUT2D eigenvalue weighted by Gasteiger charge is 2.18. The van der Waals surface area contributed by atoms with Crippen molar-refractivity contribution in [3.8, 4) is 17.2 Å². The first-order chi connectivity index (χ1) is 11.0. The van der Waals surface area contributed by atoms with Crippen molar-refractivity contribution in [2.75, 3.05) is 20.3 Å². The average molecular weight is 321 g/mol. The molecule has 23 heavy (non-hydrogen) atoms. The number of nitrogens with zero attached hydrogens (tertiary/aromatic N) is 1. The van der Waals surface area contributed by atoms with Crippen LogP contribution >= 0.6 is 0 Å². The number of hydrazone groups is 1. The summed E-state index contributed by atoms with van der Waals surface area (Å²) in [6, 6.07) is 3.28. The topological polar surface area (TPSA) is 98.2 Å². The molecule has 0 saturated heterocycles. The standard InChI is InChI=1S/C15H19N3O5/c1-9(2)17-14(19)15(20)18-16-8-10-6-11(21-3)13-12(7-10)22-4-5-23-13/h6-9H,4-5H2,1-3H3,(H,17,19)(H,18,20)/b16-8-. The number of carbonyl (C=O) groups is 2. The molecule has 0 atom stereocenters. The molecule has 2 rings (SSSR count). The maximum absolute atomic E-state index is 11.5. The minimum atomic E-state index is -0.834. The van der Waals surface area contributed by atoms with Crippen LogP contribution in [0.5, 0.6) is 17.2 Å². The van der Waals surface area contributed by atoms with Gasteiger partial charge in [0.1, 0.15) is 13.2 Å². The normalized spacial score (nSPS) is 13.0. The summed E-state index contributed by atoms with van der Waals surface area (Å²) in [5.41, 5.74) is 2.79. The molecule has 8 nitrogen and oxygen atoms in total. The van der Waals surface area contributed by atoms with Crippen LogP contribution in [0.25, 0.3) is 0 Å². The number of amides is 2. The molecular formula is C15H19N3O5. The first-order valence-electron chi connectivity index (χ1n) is 7.12. The molecule has 1 aliphatic heterocycles. The molecule has 2 N–H and O–H groups in total. The maximum Gasteiger partial charge on any atom is 0.329 e. The van der Waals surface area contributed by atoms with Crippen molar-refractivity contribution in [1.82, 2.24) is 10.7 Å². The van der Waals surface area contributed by atoms with E-state index in [0.717, 1.165) is 0 Å². The smallest absolute Gasteiger partial charge is 0.329 e. The largest absolute Gasteiger partial charge is 0.493 e. The van der Waals surface area contributed by atoms with E-state index >= 15 is 0 Å². The Labute approximate surface area is 133 Å². The van der Waals surface area contributed by atoms with Gasteiger partial charge in [-0.3, -0.25) is 9.59 Å². The fraction of sp³-hybridized carbons (Fsp3) is 0.400. The molecule has 0 unspecified atom stereocenters. The van der Waals surface area contributed by atoms with Crippen LogP contribution in [-0.2, 0) is 9.59 Å². The third-order valence-electron chi connectivity index (χ3n) is 2.86. The van der Waals surface area contributed by atoms with Gasteiger partial charge in [-0.25, -0.2) is 5.43 Å². The molecule has 0 spiro atoms. The molecule has 0 saturated carbocycles. The number of ether oxygens (including phenoxy) is 3. The van der Waals surface area contributed by atoms with Crippen LogP contribution in [0.4, 0.5) is 0 Å². The first-order valence-corrected chi connectivity index (χ1v) is 7.12. The van der Waals surface area contributed by atoms with Gasteiger partial charge in [0, 0.05) is 11.6 Å². The van der Waals surface area contributed by atoms with Crippen LogP contribution in [0, 0.1) is 0 Å². The number of carbonyl (C=O) groups excluding carboxylic acids is 2. The predicted molar refractivity (Wildman–Crippen MR) is 83.0 cm³/mol. The Bertz CT molecular complexity index is 611. The second kappa shape index (κ2) is 7.48. The number of fused-ring (bicyclic) bond motifs is 1. The SMILES string of the molecule is COc1cc(/C=N\NC(=O)C(=O)NC(C)C)cc2c1OCCO2. The lowest BCUT2D eigenvalue weighted by Crippen LogP contribution is -2.41. The Balaban J connectivity index is 2.05. The number of benzene rings is 1. The lowest BCUT2D eigenvalue weighted by atomic mass is 10.2. The number of nitrogens with one attached hydrogen (secondary N) is 2. The molecule has 1 aliphatic rings. The third-order valence-corrected chi connectivity index (χ3v) is 2.86. The van der Waals surface area contributed by atoms with E-state index in [0.29, 0.717) is 36.0 Å². The van der Waals surface area contributed by atoms with Crippen LogP contribution in [-0.4, -0.2) is 44.4 Å². The lowest BCUT2D eigenvalue weighted by molar-refractivity contribution is -0.139. The zero-order chi connectivity index (χ0) is 16.8. The molecule has 1 aromatic rings. The quantitative estimate of drug-likeness (QED) is 0.476. The van der Waals surface area contributed by atoms with E-state index in [-0.39, 0.29) is 6.04 Å². The summed E-state index contributed by atoms with van der Waals surface area (Å²) >= 11 is 0. The lowest BCUT2D eigenvalue weighted by Gasteiger charge is -2.20. The van der Waals surface area contributed by atoms with Gasteiger partial charge in [0.05, 0.1) is 13.3 Å². The van der Waals surface area contributed by atoms with Gasteiger partial charge in [-0.1, -0.05) is 0 Å². The molecule has 0 fully saturated rings. The summed E-state index contributed by atoms with van der Waals surface area (Å²) in [6.07, 6.45) is 1.39. The van der Waals surface area contributed by atoms with E-state index in [2.05, 4.69) is 15.8 Å². The molecule has 1 aromatic carbocycles. The first kappa shape index (κ1) is 16.6. The van der Waals surface area contributed by atoms with E-state index < -0.39 is 11.8 Å². The number of hydrogen-bond donors (Lipinski definition) is 2. The zero-order valence-corrected chi connectivity index (χ0v) is 13.2. The van der Waals surface area contributed by atoms with Gasteiger partial charge < -0.3 is 19.5 Å². The van der Waals surface area contributed by atoms with Crippen molar-refractivity contribution >= 4 is 18.0 Å². The highest BCUT2D eigenvalue weighted by Crippen LogP contribution is 2.39. The van der Waals surface area contributed by atoms with E-state index in [1.54, 1.807) is 26.0 Å². The maximum atomic E-state index is 11.5. The number of methoxy groups -OCH3 is 1. The molecule has 8 heteroatoms. The Hall–Kier alpha value is -2.77. The van der Waals surface area contributed by atoms with E-state index in [1.165, 1.54) is 13.3 Å². The fourth-order valence-corrected chi connectivity index (χ4v) is 1.91. The molecule has 0 bridgehead atoms. The Morgan fingerprint density at radius 2 is 2.00 bits per heavy atom. The second-order valence-electron chi connectivity index (χ2n) is 5.07. The summed E-state index contributed by atoms with van der Waals surface area (Å²) in [5, 5.41) is 6.23. The van der Waals surface area contributed by atoms with Crippen LogP contribution < -0.4 is 25.0 Å². The van der Waals surface area contributed by atoms with Crippen LogP contribution in [0.3, 0.4) is 0 Å². The van der Waals surface area contributed by atoms with Gasteiger partial charge in [0.25, 0.3) is 0 Å². The molecular weight excluding hydrogens is 302 g/mol. The second-order valence-corrected chi connectivity index (χ2v) is 5.07. The summed E-state index contributed by atoms with van der Waals surface area (Å²) in [5.74, 6) is 0.0149. The monoisotopic (exact) mass is 321 g/mol. The van der Waals surface area contributed by atoms with Crippen LogP contribution in [0.15, 0.2) is 17.2 Å². The van der Waals surface area contributed by atoms with Gasteiger partial charge >= 0.3 is 11.8 Å². The van der Waals surface area contributed by atoms with E-state index in [1.807, 2.05) is 0 Å². The molecule has 0 radical (unpaired) electrons. The summed E-state index contributed by atoms with van der Waals surface area (Å²) < 4.78 is 16.2. The minimum Gasteiger partial charge on any atom is -0.493 e. The number of hydrogen-bond acceptors (Lipinski definition) is 6. The van der Waals surface area contributed by atoms with E-state index in [4.69, 9.17) is 14.2 Å². The van der Waals surface area contributed by atoms with Crippen molar-refractivity contribution in [3.63, 3.8) is 0 Å². The van der Waals surface area contributed by atoms with Crippen LogP contribution in [0.1, 0.15) is 19.4 Å². The third kappa shape index (κ3) is 4.35. The van der Waals surface area contributed by atoms with Crippen molar-refractivity contribution in [1.29, 1.82) is 0 Å². The Morgan fingerprint density at radius 3 is 2.70 bits per heavy atom. The zero-order valence-electron chi connectivity index (χ0n) is 13.2. The minimum absolute atomic E-state index is 0.126. The van der Waals surface area contributed by atoms with Gasteiger partial charge in [0.15, 0.2) is 11.5 Å². The van der Waals surface area contributed by atoms with Crippen molar-refractivity contribution < 1.29 is 23.8 Å². The highest BCUT2D eigenvalue weighted by atomic mass is 16.6. The van der Waals surface area contributed by atoms with Crippen molar-refractivity contribution in [2.24, 2.45) is 5.10 Å². The number of rotatable bonds is 4. The van der Waals surface area contributed by atoms with Gasteiger partial charge in [-0.15, -0.1) is 0 Å². The highest BCUT2D eigenvalue weighted by molar-refractivity contribution is 6.35. The summed E-state index contributed by atoms with van der Waals surface area (Å²) in [6.45, 7) is 4.42. The van der Waals surface area contributed by atoms with Gasteiger partial charge in [-0.05, 0) is 26.0 Å². The molecule has 0 aromatic heterocycles. The molecule has 1 heterocycles. The Kier molecular flexibility index (Phi) is 5.40. The van der Waals surface area contributed by atoms with Crippen molar-refractivity contribution in [2.45, 2.75) is 19.9 Å². The van der Waals surface area contributed by atoms with Gasteiger partial charge in [-0.2, -0.15) is 5.10 Å². The fourth-order valence-electron chi connectivity index (χ4n) is 1.91. The summed E-state index contributed by atoms with van der Waals surface area (Å²) in [7, 11) is 1.52. The van der Waals surface area contributed by atoms with Gasteiger partial charge in [0.2, 0.25) is 5.75 Å². The molecule has 0 aliphatic carbocycles. The van der Waals surface area contributed by atoms with E-state index in [9.17, 15) is 9.59 Å². The summed E-state index contributed by atoms with van der Waals surface area (Å²) in [4.78, 5) is 23.0.